The fourth-order valence-corrected chi connectivity index (χ4v) is 4.32. The van der Waals surface area contributed by atoms with Gasteiger partial charge in [0.15, 0.2) is 5.16 Å². The highest BCUT2D eigenvalue weighted by Gasteiger charge is 2.19. The Kier molecular flexibility index (Phi) is 5.59. The number of fused-ring (bicyclic) bond motifs is 2. The van der Waals surface area contributed by atoms with Gasteiger partial charge < -0.3 is 5.32 Å². The molecule has 4 rings (SSSR count). The molecule has 5 nitrogen and oxygen atoms in total. The number of thioether (sulfide) groups is 1. The first-order valence-corrected chi connectivity index (χ1v) is 10.8. The SMILES string of the molecule is CCn1c(S[C@@H](C)C(=O)Nc2ccc(C)cc2)nc2cc3ccccc3cc2c1=O. The smallest absolute Gasteiger partial charge is 0.262 e. The lowest BCUT2D eigenvalue weighted by Crippen LogP contribution is -2.26. The molecule has 0 saturated heterocycles. The second-order valence-corrected chi connectivity index (χ2v) is 8.58. The molecule has 0 aliphatic rings. The van der Waals surface area contributed by atoms with Crippen molar-refractivity contribution in [2.75, 3.05) is 5.32 Å². The van der Waals surface area contributed by atoms with Crippen LogP contribution in [0, 0.1) is 6.92 Å². The van der Waals surface area contributed by atoms with Crippen LogP contribution in [0.3, 0.4) is 0 Å². The van der Waals surface area contributed by atoms with Crippen molar-refractivity contribution in [1.29, 1.82) is 0 Å². The van der Waals surface area contributed by atoms with Crippen molar-refractivity contribution in [2.24, 2.45) is 0 Å². The molecule has 4 aromatic rings. The highest BCUT2D eigenvalue weighted by atomic mass is 32.2. The summed E-state index contributed by atoms with van der Waals surface area (Å²) in [6.45, 7) is 6.23. The van der Waals surface area contributed by atoms with Crippen molar-refractivity contribution in [3.63, 3.8) is 0 Å². The fourth-order valence-electron chi connectivity index (χ4n) is 3.35. The van der Waals surface area contributed by atoms with Crippen molar-refractivity contribution in [3.05, 3.63) is 76.6 Å². The Morgan fingerprint density at radius 1 is 1.10 bits per heavy atom. The van der Waals surface area contributed by atoms with E-state index < -0.39 is 5.25 Å². The highest BCUT2D eigenvalue weighted by molar-refractivity contribution is 8.00. The minimum atomic E-state index is -0.408. The van der Waals surface area contributed by atoms with Crippen LogP contribution in [0.15, 0.2) is 70.6 Å². The molecule has 0 bridgehead atoms. The van der Waals surface area contributed by atoms with Crippen molar-refractivity contribution < 1.29 is 4.79 Å². The molecule has 1 atom stereocenters. The van der Waals surface area contributed by atoms with Gasteiger partial charge in [0.1, 0.15) is 0 Å². The lowest BCUT2D eigenvalue weighted by atomic mass is 10.1. The van der Waals surface area contributed by atoms with Gasteiger partial charge in [-0.2, -0.15) is 0 Å². The van der Waals surface area contributed by atoms with E-state index in [9.17, 15) is 9.59 Å². The summed E-state index contributed by atoms with van der Waals surface area (Å²) < 4.78 is 1.64. The molecule has 152 valence electrons. The summed E-state index contributed by atoms with van der Waals surface area (Å²) in [6.07, 6.45) is 0. The van der Waals surface area contributed by atoms with Crippen LogP contribution in [0.4, 0.5) is 5.69 Å². The molecule has 0 spiro atoms. The third-order valence-electron chi connectivity index (χ3n) is 5.07. The van der Waals surface area contributed by atoms with E-state index in [1.807, 2.05) is 81.4 Å². The van der Waals surface area contributed by atoms with E-state index in [1.165, 1.54) is 11.8 Å². The maximum absolute atomic E-state index is 13.1. The standard InChI is InChI=1S/C24H23N3O2S/c1-4-27-23(29)20-13-17-7-5-6-8-18(17)14-21(20)26-24(27)30-16(3)22(28)25-19-11-9-15(2)10-12-19/h5-14,16H,4H2,1-3H3,(H,25,28)/t16-/m0/s1. The summed E-state index contributed by atoms with van der Waals surface area (Å²) in [7, 11) is 0. The fraction of sp³-hybridized carbons (Fsp3) is 0.208. The number of aromatic nitrogens is 2. The lowest BCUT2D eigenvalue weighted by molar-refractivity contribution is -0.115. The Balaban J connectivity index is 1.67. The number of nitrogens with zero attached hydrogens (tertiary/aromatic N) is 2. The molecule has 1 N–H and O–H groups in total. The summed E-state index contributed by atoms with van der Waals surface area (Å²) in [5, 5.41) is 5.71. The van der Waals surface area contributed by atoms with Crippen LogP contribution in [0.1, 0.15) is 19.4 Å². The molecule has 30 heavy (non-hydrogen) atoms. The minimum Gasteiger partial charge on any atom is -0.325 e. The number of carbonyl (C=O) groups is 1. The first kappa shape index (κ1) is 20.2. The Hall–Kier alpha value is -3.12. The average molecular weight is 418 g/mol. The molecule has 0 aliphatic heterocycles. The first-order chi connectivity index (χ1) is 14.5. The van der Waals surface area contributed by atoms with E-state index in [1.54, 1.807) is 4.57 Å². The number of benzene rings is 3. The quantitative estimate of drug-likeness (QED) is 0.282. The van der Waals surface area contributed by atoms with Gasteiger partial charge in [-0.05, 0) is 55.8 Å². The van der Waals surface area contributed by atoms with Gasteiger partial charge in [-0.25, -0.2) is 4.98 Å². The third-order valence-corrected chi connectivity index (χ3v) is 6.16. The molecular formula is C24H23N3O2S. The van der Waals surface area contributed by atoms with Gasteiger partial charge in [-0.15, -0.1) is 0 Å². The minimum absolute atomic E-state index is 0.0816. The number of hydrogen-bond donors (Lipinski definition) is 1. The number of aryl methyl sites for hydroxylation is 1. The van der Waals surface area contributed by atoms with E-state index in [0.29, 0.717) is 22.6 Å². The van der Waals surface area contributed by atoms with Crippen LogP contribution >= 0.6 is 11.8 Å². The molecule has 3 aromatic carbocycles. The molecule has 1 amide bonds. The third kappa shape index (κ3) is 3.96. The average Bonchev–Trinajstić information content (AvgIpc) is 2.74. The predicted octanol–water partition coefficient (Wildman–Crippen LogP) is 5.00. The zero-order valence-corrected chi connectivity index (χ0v) is 18.0. The van der Waals surface area contributed by atoms with E-state index in [2.05, 4.69) is 5.32 Å². The number of carbonyl (C=O) groups excluding carboxylic acids is 1. The van der Waals surface area contributed by atoms with E-state index >= 15 is 0 Å². The Morgan fingerprint density at radius 2 is 1.77 bits per heavy atom. The topological polar surface area (TPSA) is 64.0 Å². The maximum atomic E-state index is 13.1. The van der Waals surface area contributed by atoms with Crippen LogP contribution in [-0.2, 0) is 11.3 Å². The lowest BCUT2D eigenvalue weighted by Gasteiger charge is -2.16. The normalized spacial score (nSPS) is 12.2. The van der Waals surface area contributed by atoms with E-state index in [0.717, 1.165) is 22.0 Å². The van der Waals surface area contributed by atoms with Gasteiger partial charge >= 0.3 is 0 Å². The predicted molar refractivity (Wildman–Crippen MR) is 124 cm³/mol. The van der Waals surface area contributed by atoms with Gasteiger partial charge in [-0.1, -0.05) is 53.7 Å². The van der Waals surface area contributed by atoms with Gasteiger partial charge in [0.05, 0.1) is 16.2 Å². The van der Waals surface area contributed by atoms with Gasteiger partial charge in [0.2, 0.25) is 5.91 Å². The number of rotatable bonds is 5. The number of amides is 1. The summed E-state index contributed by atoms with van der Waals surface area (Å²) in [5.74, 6) is -0.126. The molecule has 0 fully saturated rings. The molecular weight excluding hydrogens is 394 g/mol. The van der Waals surface area contributed by atoms with Crippen LogP contribution in [0.5, 0.6) is 0 Å². The summed E-state index contributed by atoms with van der Waals surface area (Å²) in [6, 6.07) is 19.4. The first-order valence-electron chi connectivity index (χ1n) is 9.94. The van der Waals surface area contributed by atoms with Crippen molar-refractivity contribution in [2.45, 2.75) is 37.7 Å². The molecule has 0 radical (unpaired) electrons. The van der Waals surface area contributed by atoms with Crippen molar-refractivity contribution in [1.82, 2.24) is 9.55 Å². The monoisotopic (exact) mass is 417 g/mol. The summed E-state index contributed by atoms with van der Waals surface area (Å²) in [4.78, 5) is 30.5. The molecule has 0 unspecified atom stereocenters. The van der Waals surface area contributed by atoms with Crippen molar-refractivity contribution in [3.8, 4) is 0 Å². The molecule has 1 aromatic heterocycles. The van der Waals surface area contributed by atoms with E-state index in [4.69, 9.17) is 4.98 Å². The van der Waals surface area contributed by atoms with Gasteiger partial charge in [-0.3, -0.25) is 14.2 Å². The summed E-state index contributed by atoms with van der Waals surface area (Å²) >= 11 is 1.30. The Bertz CT molecular complexity index is 1300. The van der Waals surface area contributed by atoms with Crippen LogP contribution in [-0.4, -0.2) is 20.7 Å². The molecule has 0 saturated carbocycles. The van der Waals surface area contributed by atoms with Gasteiger partial charge in [0.25, 0.3) is 5.56 Å². The number of anilines is 1. The Morgan fingerprint density at radius 3 is 2.43 bits per heavy atom. The molecule has 6 heteroatoms. The largest absolute Gasteiger partial charge is 0.325 e. The number of hydrogen-bond acceptors (Lipinski definition) is 4. The maximum Gasteiger partial charge on any atom is 0.262 e. The summed E-state index contributed by atoms with van der Waals surface area (Å²) in [5.41, 5.74) is 2.46. The second-order valence-electron chi connectivity index (χ2n) is 7.28. The van der Waals surface area contributed by atoms with Crippen LogP contribution in [0.2, 0.25) is 0 Å². The highest BCUT2D eigenvalue weighted by Crippen LogP contribution is 2.26. The van der Waals surface area contributed by atoms with Crippen LogP contribution < -0.4 is 10.9 Å². The van der Waals surface area contributed by atoms with Crippen molar-refractivity contribution >= 4 is 45.0 Å². The zero-order chi connectivity index (χ0) is 21.3. The number of nitrogens with one attached hydrogen (secondary N) is 1. The van der Waals surface area contributed by atoms with Gasteiger partial charge in [0, 0.05) is 12.2 Å². The molecule has 0 aliphatic carbocycles. The van der Waals surface area contributed by atoms with Crippen LogP contribution in [0.25, 0.3) is 21.7 Å². The van der Waals surface area contributed by atoms with E-state index in [-0.39, 0.29) is 11.5 Å². The Labute approximate surface area is 179 Å². The second kappa shape index (κ2) is 8.32. The zero-order valence-electron chi connectivity index (χ0n) is 17.2. The molecule has 1 heterocycles.